The fourth-order valence-corrected chi connectivity index (χ4v) is 1.61. The largest absolute Gasteiger partial charge is 0.496 e. The van der Waals surface area contributed by atoms with E-state index >= 15 is 0 Å². The number of nitrogens with one attached hydrogen (secondary N) is 1. The number of ether oxygens (including phenoxy) is 1. The molecule has 0 aromatic heterocycles. The first-order chi connectivity index (χ1) is 8.02. The lowest BCUT2D eigenvalue weighted by Crippen LogP contribution is -2.11. The van der Waals surface area contributed by atoms with Crippen LogP contribution in [0.25, 0.3) is 0 Å². The van der Waals surface area contributed by atoms with Crippen LogP contribution in [0.4, 0.5) is 11.4 Å². The summed E-state index contributed by atoms with van der Waals surface area (Å²) >= 11 is 0. The minimum atomic E-state index is -0.410. The Morgan fingerprint density at radius 1 is 1.47 bits per heavy atom. The Morgan fingerprint density at radius 2 is 2.18 bits per heavy atom. The van der Waals surface area contributed by atoms with Crippen LogP contribution >= 0.6 is 0 Å². The molecule has 0 unspecified atom stereocenters. The van der Waals surface area contributed by atoms with Crippen LogP contribution in [-0.4, -0.2) is 18.6 Å². The molecule has 1 aromatic carbocycles. The van der Waals surface area contributed by atoms with Gasteiger partial charge < -0.3 is 10.1 Å². The van der Waals surface area contributed by atoms with E-state index in [1.54, 1.807) is 6.07 Å². The van der Waals surface area contributed by atoms with E-state index in [2.05, 4.69) is 12.2 Å². The molecule has 0 radical (unpaired) electrons. The van der Waals surface area contributed by atoms with E-state index in [0.717, 1.165) is 12.2 Å². The fourth-order valence-electron chi connectivity index (χ4n) is 1.61. The van der Waals surface area contributed by atoms with Crippen LogP contribution in [0.3, 0.4) is 0 Å². The third-order valence-corrected chi connectivity index (χ3v) is 3.16. The van der Waals surface area contributed by atoms with Gasteiger partial charge in [-0.1, -0.05) is 6.92 Å². The zero-order valence-corrected chi connectivity index (χ0v) is 10.0. The third kappa shape index (κ3) is 2.87. The van der Waals surface area contributed by atoms with Crippen molar-refractivity contribution in [1.82, 2.24) is 0 Å². The Labute approximate surface area is 99.9 Å². The first kappa shape index (κ1) is 11.7. The summed E-state index contributed by atoms with van der Waals surface area (Å²) in [7, 11) is 1.51. The molecule has 1 aliphatic rings. The van der Waals surface area contributed by atoms with Gasteiger partial charge in [0.15, 0.2) is 0 Å². The monoisotopic (exact) mass is 236 g/mol. The maximum absolute atomic E-state index is 10.8. The molecule has 1 saturated carbocycles. The summed E-state index contributed by atoms with van der Waals surface area (Å²) in [6.45, 7) is 3.05. The summed E-state index contributed by atoms with van der Waals surface area (Å²) in [6, 6.07) is 4.73. The zero-order valence-electron chi connectivity index (χ0n) is 10.0. The molecule has 5 heteroatoms. The van der Waals surface area contributed by atoms with Crippen molar-refractivity contribution in [3.8, 4) is 5.75 Å². The van der Waals surface area contributed by atoms with Gasteiger partial charge in [0, 0.05) is 24.4 Å². The van der Waals surface area contributed by atoms with Crippen molar-refractivity contribution in [2.75, 3.05) is 19.0 Å². The van der Waals surface area contributed by atoms with E-state index in [9.17, 15) is 10.1 Å². The second kappa shape index (κ2) is 4.24. The van der Waals surface area contributed by atoms with Gasteiger partial charge in [0.25, 0.3) is 5.69 Å². The smallest absolute Gasteiger partial charge is 0.275 e. The van der Waals surface area contributed by atoms with Gasteiger partial charge in [0.2, 0.25) is 0 Å². The normalized spacial score (nSPS) is 16.4. The number of hydrogen-bond donors (Lipinski definition) is 1. The predicted octanol–water partition coefficient (Wildman–Crippen LogP) is 2.82. The summed E-state index contributed by atoms with van der Waals surface area (Å²) in [5.74, 6) is 0.502. The lowest BCUT2D eigenvalue weighted by Gasteiger charge is -2.12. The second-order valence-corrected chi connectivity index (χ2v) is 4.84. The number of nitro groups is 1. The molecule has 0 spiro atoms. The van der Waals surface area contributed by atoms with Crippen molar-refractivity contribution >= 4 is 11.4 Å². The molecule has 2 rings (SSSR count). The molecule has 1 N–H and O–H groups in total. The average Bonchev–Trinajstić information content (AvgIpc) is 3.05. The molecule has 5 nitrogen and oxygen atoms in total. The van der Waals surface area contributed by atoms with Crippen LogP contribution in [0.5, 0.6) is 5.75 Å². The molecule has 0 aliphatic heterocycles. The average molecular weight is 236 g/mol. The SMILES string of the molecule is COc1cc(NCC2(C)CC2)cc([N+](=O)[O-])c1. The topological polar surface area (TPSA) is 64.4 Å². The number of benzene rings is 1. The standard InChI is InChI=1S/C12H16N2O3/c1-12(3-4-12)8-13-9-5-10(14(15)16)7-11(6-9)17-2/h5-7,13H,3-4,8H2,1-2H3. The number of anilines is 1. The van der Waals surface area contributed by atoms with Crippen molar-refractivity contribution < 1.29 is 9.66 Å². The molecule has 0 atom stereocenters. The van der Waals surface area contributed by atoms with E-state index < -0.39 is 4.92 Å². The third-order valence-electron chi connectivity index (χ3n) is 3.16. The fraction of sp³-hybridized carbons (Fsp3) is 0.500. The van der Waals surface area contributed by atoms with Crippen LogP contribution in [0.2, 0.25) is 0 Å². The highest BCUT2D eigenvalue weighted by molar-refractivity contribution is 5.56. The Kier molecular flexibility index (Phi) is 2.92. The molecule has 0 heterocycles. The van der Waals surface area contributed by atoms with E-state index in [1.807, 2.05) is 0 Å². The van der Waals surface area contributed by atoms with Gasteiger partial charge in [0.1, 0.15) is 5.75 Å². The lowest BCUT2D eigenvalue weighted by molar-refractivity contribution is -0.384. The molecule has 1 fully saturated rings. The summed E-state index contributed by atoms with van der Waals surface area (Å²) in [5, 5.41) is 14.0. The molecule has 0 amide bonds. The van der Waals surface area contributed by atoms with Crippen LogP contribution in [0.15, 0.2) is 18.2 Å². The molecule has 1 aliphatic carbocycles. The van der Waals surface area contributed by atoms with Crippen LogP contribution in [0.1, 0.15) is 19.8 Å². The molecule has 0 saturated heterocycles. The van der Waals surface area contributed by atoms with Gasteiger partial charge in [-0.25, -0.2) is 0 Å². The first-order valence-corrected chi connectivity index (χ1v) is 5.60. The number of nitrogens with zero attached hydrogens (tertiary/aromatic N) is 1. The molecule has 1 aromatic rings. The minimum absolute atomic E-state index is 0.0489. The highest BCUT2D eigenvalue weighted by Crippen LogP contribution is 2.44. The highest BCUT2D eigenvalue weighted by atomic mass is 16.6. The Hall–Kier alpha value is -1.78. The first-order valence-electron chi connectivity index (χ1n) is 5.60. The van der Waals surface area contributed by atoms with Crippen molar-refractivity contribution in [1.29, 1.82) is 0 Å². The number of hydrogen-bond acceptors (Lipinski definition) is 4. The zero-order chi connectivity index (χ0) is 12.5. The van der Waals surface area contributed by atoms with Gasteiger partial charge >= 0.3 is 0 Å². The molecule has 92 valence electrons. The van der Waals surface area contributed by atoms with Gasteiger partial charge in [-0.05, 0) is 18.3 Å². The predicted molar refractivity (Wildman–Crippen MR) is 65.5 cm³/mol. The van der Waals surface area contributed by atoms with E-state index in [1.165, 1.54) is 32.1 Å². The summed E-state index contributed by atoms with van der Waals surface area (Å²) in [4.78, 5) is 10.3. The number of non-ortho nitro benzene ring substituents is 1. The highest BCUT2D eigenvalue weighted by Gasteiger charge is 2.36. The Balaban J connectivity index is 2.14. The van der Waals surface area contributed by atoms with Gasteiger partial charge in [-0.2, -0.15) is 0 Å². The Morgan fingerprint density at radius 3 is 2.71 bits per heavy atom. The summed E-state index contributed by atoms with van der Waals surface area (Å²) in [6.07, 6.45) is 2.43. The maximum Gasteiger partial charge on any atom is 0.275 e. The van der Waals surface area contributed by atoms with E-state index in [4.69, 9.17) is 4.74 Å². The molecule has 17 heavy (non-hydrogen) atoms. The van der Waals surface area contributed by atoms with Gasteiger partial charge in [0.05, 0.1) is 18.1 Å². The number of methoxy groups -OCH3 is 1. The number of nitro benzene ring substituents is 1. The molecular weight excluding hydrogens is 220 g/mol. The van der Waals surface area contributed by atoms with Crippen LogP contribution in [0, 0.1) is 15.5 Å². The van der Waals surface area contributed by atoms with Crippen molar-refractivity contribution in [3.05, 3.63) is 28.3 Å². The van der Waals surface area contributed by atoms with Crippen molar-refractivity contribution in [2.45, 2.75) is 19.8 Å². The van der Waals surface area contributed by atoms with Crippen molar-refractivity contribution in [2.24, 2.45) is 5.41 Å². The van der Waals surface area contributed by atoms with E-state index in [0.29, 0.717) is 11.2 Å². The summed E-state index contributed by atoms with van der Waals surface area (Å²) in [5.41, 5.74) is 1.15. The lowest BCUT2D eigenvalue weighted by atomic mass is 10.1. The summed E-state index contributed by atoms with van der Waals surface area (Å²) < 4.78 is 5.05. The minimum Gasteiger partial charge on any atom is -0.496 e. The number of rotatable bonds is 5. The van der Waals surface area contributed by atoms with Gasteiger partial charge in [-0.3, -0.25) is 10.1 Å². The quantitative estimate of drug-likeness (QED) is 0.630. The van der Waals surface area contributed by atoms with Gasteiger partial charge in [-0.15, -0.1) is 0 Å². The van der Waals surface area contributed by atoms with Crippen molar-refractivity contribution in [3.63, 3.8) is 0 Å². The molecule has 0 bridgehead atoms. The Bertz CT molecular complexity index is 441. The van der Waals surface area contributed by atoms with E-state index in [-0.39, 0.29) is 5.69 Å². The van der Waals surface area contributed by atoms with Crippen LogP contribution < -0.4 is 10.1 Å². The second-order valence-electron chi connectivity index (χ2n) is 4.84. The van der Waals surface area contributed by atoms with Crippen LogP contribution in [-0.2, 0) is 0 Å². The maximum atomic E-state index is 10.8. The molecular formula is C12H16N2O3.